The van der Waals surface area contributed by atoms with Crippen molar-refractivity contribution in [1.29, 1.82) is 0 Å². The third-order valence-corrected chi connectivity index (χ3v) is 2.79. The number of hydrogen-bond acceptors (Lipinski definition) is 3. The van der Waals surface area contributed by atoms with Crippen LogP contribution in [-0.4, -0.2) is 37.4 Å². The van der Waals surface area contributed by atoms with Gasteiger partial charge in [-0.25, -0.2) is 0 Å². The lowest BCUT2D eigenvalue weighted by Gasteiger charge is -2.12. The van der Waals surface area contributed by atoms with Gasteiger partial charge in [0, 0.05) is 26.3 Å². The van der Waals surface area contributed by atoms with Crippen molar-refractivity contribution < 1.29 is 9.59 Å². The quantitative estimate of drug-likeness (QED) is 0.704. The van der Waals surface area contributed by atoms with Gasteiger partial charge in [-0.05, 0) is 25.1 Å². The zero-order valence-corrected chi connectivity index (χ0v) is 9.65. The molecule has 0 saturated carbocycles. The maximum Gasteiger partial charge on any atom is 0.261 e. The Morgan fingerprint density at radius 1 is 1.12 bits per heavy atom. The maximum absolute atomic E-state index is 11.9. The zero-order valence-electron chi connectivity index (χ0n) is 9.65. The summed E-state index contributed by atoms with van der Waals surface area (Å²) in [6.45, 7) is 2.22. The number of amides is 2. The predicted octanol–water partition coefficient (Wildman–Crippen LogP) is 1.37. The molecule has 2 amide bonds. The topological polar surface area (TPSA) is 40.6 Å². The van der Waals surface area contributed by atoms with E-state index in [0.29, 0.717) is 17.7 Å². The summed E-state index contributed by atoms with van der Waals surface area (Å²) in [5, 5.41) is 0. The first-order chi connectivity index (χ1) is 7.56. The first-order valence-electron chi connectivity index (χ1n) is 5.23. The van der Waals surface area contributed by atoms with Gasteiger partial charge in [-0.3, -0.25) is 14.5 Å². The molecule has 84 valence electrons. The Kier molecular flexibility index (Phi) is 2.42. The van der Waals surface area contributed by atoms with E-state index in [0.717, 1.165) is 5.69 Å². The number of benzene rings is 1. The first-order valence-corrected chi connectivity index (χ1v) is 5.23. The molecule has 0 aromatic heterocycles. The van der Waals surface area contributed by atoms with Crippen molar-refractivity contribution >= 4 is 17.5 Å². The van der Waals surface area contributed by atoms with Gasteiger partial charge in [-0.1, -0.05) is 0 Å². The van der Waals surface area contributed by atoms with Crippen molar-refractivity contribution in [2.45, 2.75) is 6.92 Å². The number of fused-ring (bicyclic) bond motifs is 1. The molecule has 0 unspecified atom stereocenters. The van der Waals surface area contributed by atoms with Gasteiger partial charge >= 0.3 is 0 Å². The molecule has 0 spiro atoms. The maximum atomic E-state index is 11.9. The molecule has 1 aliphatic rings. The van der Waals surface area contributed by atoms with Gasteiger partial charge < -0.3 is 4.90 Å². The van der Waals surface area contributed by atoms with Crippen LogP contribution in [0.25, 0.3) is 0 Å². The Morgan fingerprint density at radius 2 is 1.75 bits per heavy atom. The lowest BCUT2D eigenvalue weighted by atomic mass is 10.1. The van der Waals surface area contributed by atoms with Crippen LogP contribution < -0.4 is 4.90 Å². The van der Waals surface area contributed by atoms with E-state index in [1.54, 1.807) is 19.1 Å². The third kappa shape index (κ3) is 1.38. The van der Waals surface area contributed by atoms with E-state index in [1.165, 1.54) is 4.90 Å². The largest absolute Gasteiger partial charge is 0.378 e. The number of anilines is 1. The molecule has 1 heterocycles. The highest BCUT2D eigenvalue weighted by molar-refractivity contribution is 6.21. The second-order valence-corrected chi connectivity index (χ2v) is 3.98. The summed E-state index contributed by atoms with van der Waals surface area (Å²) < 4.78 is 0. The van der Waals surface area contributed by atoms with E-state index in [4.69, 9.17) is 0 Å². The van der Waals surface area contributed by atoms with Crippen LogP contribution in [0, 0.1) is 0 Å². The van der Waals surface area contributed by atoms with E-state index in [1.807, 2.05) is 25.1 Å². The average Bonchev–Trinajstić information content (AvgIpc) is 2.51. The predicted molar refractivity (Wildman–Crippen MR) is 61.8 cm³/mol. The van der Waals surface area contributed by atoms with Crippen LogP contribution in [0.15, 0.2) is 18.2 Å². The number of carbonyl (C=O) groups is 2. The molecule has 1 aromatic rings. The minimum absolute atomic E-state index is 0.187. The van der Waals surface area contributed by atoms with Gasteiger partial charge in [-0.15, -0.1) is 0 Å². The Hall–Kier alpha value is -1.84. The van der Waals surface area contributed by atoms with Crippen molar-refractivity contribution in [2.75, 3.05) is 25.5 Å². The Balaban J connectivity index is 2.52. The van der Waals surface area contributed by atoms with Gasteiger partial charge in [0.2, 0.25) is 0 Å². The monoisotopic (exact) mass is 218 g/mol. The van der Waals surface area contributed by atoms with Crippen molar-refractivity contribution in [3.8, 4) is 0 Å². The lowest BCUT2D eigenvalue weighted by Crippen LogP contribution is -2.29. The van der Waals surface area contributed by atoms with Gasteiger partial charge in [-0.2, -0.15) is 0 Å². The molecule has 0 aliphatic carbocycles. The molecule has 4 nitrogen and oxygen atoms in total. The SMILES string of the molecule is CCN1C(=O)c2ccc(N(C)C)cc2C1=O. The lowest BCUT2D eigenvalue weighted by molar-refractivity contribution is 0.0663. The second kappa shape index (κ2) is 3.63. The van der Waals surface area contributed by atoms with Crippen LogP contribution in [0.3, 0.4) is 0 Å². The van der Waals surface area contributed by atoms with Crippen LogP contribution >= 0.6 is 0 Å². The smallest absolute Gasteiger partial charge is 0.261 e. The Labute approximate surface area is 94.5 Å². The highest BCUT2D eigenvalue weighted by Gasteiger charge is 2.34. The van der Waals surface area contributed by atoms with Crippen LogP contribution in [0.4, 0.5) is 5.69 Å². The molecule has 1 aromatic carbocycles. The molecule has 0 fully saturated rings. The van der Waals surface area contributed by atoms with Crippen molar-refractivity contribution in [2.24, 2.45) is 0 Å². The normalized spacial score (nSPS) is 14.3. The highest BCUT2D eigenvalue weighted by Crippen LogP contribution is 2.26. The fourth-order valence-electron chi connectivity index (χ4n) is 1.84. The van der Waals surface area contributed by atoms with Gasteiger partial charge in [0.05, 0.1) is 11.1 Å². The average molecular weight is 218 g/mol. The van der Waals surface area contributed by atoms with Crippen molar-refractivity contribution in [1.82, 2.24) is 4.90 Å². The van der Waals surface area contributed by atoms with Gasteiger partial charge in [0.1, 0.15) is 0 Å². The van der Waals surface area contributed by atoms with Crippen LogP contribution in [-0.2, 0) is 0 Å². The Morgan fingerprint density at radius 3 is 2.31 bits per heavy atom. The summed E-state index contributed by atoms with van der Waals surface area (Å²) >= 11 is 0. The molecule has 4 heteroatoms. The minimum atomic E-state index is -0.189. The summed E-state index contributed by atoms with van der Waals surface area (Å²) in [5.74, 6) is -0.376. The van der Waals surface area contributed by atoms with Crippen LogP contribution in [0.1, 0.15) is 27.6 Å². The summed E-state index contributed by atoms with van der Waals surface area (Å²) in [7, 11) is 3.81. The molecule has 0 radical (unpaired) electrons. The first kappa shape index (κ1) is 10.7. The number of imide groups is 1. The fraction of sp³-hybridized carbons (Fsp3) is 0.333. The molecule has 1 aliphatic heterocycles. The standard InChI is InChI=1S/C12H14N2O2/c1-4-14-11(15)9-6-5-8(13(2)3)7-10(9)12(14)16/h5-7H,4H2,1-3H3. The second-order valence-electron chi connectivity index (χ2n) is 3.98. The molecule has 2 rings (SSSR count). The van der Waals surface area contributed by atoms with Crippen molar-refractivity contribution in [3.05, 3.63) is 29.3 Å². The molecule has 16 heavy (non-hydrogen) atoms. The molecule has 0 N–H and O–H groups in total. The molecule has 0 saturated heterocycles. The van der Waals surface area contributed by atoms with E-state index in [9.17, 15) is 9.59 Å². The Bertz CT molecular complexity index is 466. The fourth-order valence-corrected chi connectivity index (χ4v) is 1.84. The molecular weight excluding hydrogens is 204 g/mol. The van der Waals surface area contributed by atoms with Gasteiger partial charge in [0.15, 0.2) is 0 Å². The number of carbonyl (C=O) groups excluding carboxylic acids is 2. The summed E-state index contributed by atoms with van der Waals surface area (Å²) in [6, 6.07) is 5.34. The highest BCUT2D eigenvalue weighted by atomic mass is 16.2. The number of rotatable bonds is 2. The molecular formula is C12H14N2O2. The number of hydrogen-bond donors (Lipinski definition) is 0. The van der Waals surface area contributed by atoms with E-state index < -0.39 is 0 Å². The third-order valence-electron chi connectivity index (χ3n) is 2.79. The molecule has 0 bridgehead atoms. The summed E-state index contributed by atoms with van der Waals surface area (Å²) in [5.41, 5.74) is 1.95. The van der Waals surface area contributed by atoms with E-state index in [-0.39, 0.29) is 11.8 Å². The van der Waals surface area contributed by atoms with E-state index >= 15 is 0 Å². The van der Waals surface area contributed by atoms with Gasteiger partial charge in [0.25, 0.3) is 11.8 Å². The summed E-state index contributed by atoms with van der Waals surface area (Å²) in [6.07, 6.45) is 0. The van der Waals surface area contributed by atoms with Crippen LogP contribution in [0.5, 0.6) is 0 Å². The molecule has 0 atom stereocenters. The van der Waals surface area contributed by atoms with Crippen LogP contribution in [0.2, 0.25) is 0 Å². The number of nitrogens with zero attached hydrogens (tertiary/aromatic N) is 2. The van der Waals surface area contributed by atoms with E-state index in [2.05, 4.69) is 0 Å². The zero-order chi connectivity index (χ0) is 11.9. The summed E-state index contributed by atoms with van der Waals surface area (Å²) in [4.78, 5) is 26.9. The minimum Gasteiger partial charge on any atom is -0.378 e. The van der Waals surface area contributed by atoms with Crippen molar-refractivity contribution in [3.63, 3.8) is 0 Å².